The molecule has 0 aromatic heterocycles. The minimum absolute atomic E-state index is 0.0501. The van der Waals surface area contributed by atoms with Gasteiger partial charge in [0.2, 0.25) is 0 Å². The number of carboxylic acid groups (broad SMARTS) is 1. The van der Waals surface area contributed by atoms with E-state index in [0.29, 0.717) is 17.1 Å². The number of benzene rings is 1. The van der Waals surface area contributed by atoms with E-state index in [2.05, 4.69) is 5.32 Å². The number of ether oxygens (including phenoxy) is 2. The Kier molecular flexibility index (Phi) is 5.17. The molecule has 1 amide bonds. The molecule has 0 saturated carbocycles. The van der Waals surface area contributed by atoms with Gasteiger partial charge >= 0.3 is 5.97 Å². The van der Waals surface area contributed by atoms with Crippen molar-refractivity contribution >= 4 is 11.9 Å². The lowest BCUT2D eigenvalue weighted by molar-refractivity contribution is -0.140. The normalized spacial score (nSPS) is 11.5. The molecule has 0 bridgehead atoms. The number of para-hydroxylation sites is 1. The van der Waals surface area contributed by atoms with Crippen LogP contribution >= 0.6 is 0 Å². The summed E-state index contributed by atoms with van der Waals surface area (Å²) in [5, 5.41) is 11.3. The first-order valence-corrected chi connectivity index (χ1v) is 5.73. The zero-order chi connectivity index (χ0) is 14.4. The fourth-order valence-corrected chi connectivity index (χ4v) is 1.49. The minimum atomic E-state index is -0.960. The number of rotatable bonds is 6. The van der Waals surface area contributed by atoms with Gasteiger partial charge in [-0.25, -0.2) is 0 Å². The van der Waals surface area contributed by atoms with Gasteiger partial charge in [0, 0.05) is 6.54 Å². The highest BCUT2D eigenvalue weighted by molar-refractivity contribution is 5.98. The van der Waals surface area contributed by atoms with E-state index in [1.165, 1.54) is 21.1 Å². The molecule has 6 nitrogen and oxygen atoms in total. The number of carbonyl (C=O) groups excluding carboxylic acids is 1. The van der Waals surface area contributed by atoms with Crippen LogP contribution in [0.1, 0.15) is 17.3 Å². The smallest absolute Gasteiger partial charge is 0.308 e. The number of aliphatic carboxylic acids is 1. The molecule has 104 valence electrons. The number of hydrogen-bond acceptors (Lipinski definition) is 4. The van der Waals surface area contributed by atoms with Crippen molar-refractivity contribution in [1.29, 1.82) is 0 Å². The molecule has 2 N–H and O–H groups in total. The average Bonchev–Trinajstić information content (AvgIpc) is 2.42. The molecule has 0 heterocycles. The summed E-state index contributed by atoms with van der Waals surface area (Å²) in [6, 6.07) is 4.93. The van der Waals surface area contributed by atoms with Gasteiger partial charge in [-0.1, -0.05) is 13.0 Å². The third kappa shape index (κ3) is 3.61. The van der Waals surface area contributed by atoms with Crippen LogP contribution in [-0.4, -0.2) is 37.7 Å². The highest BCUT2D eigenvalue weighted by atomic mass is 16.5. The topological polar surface area (TPSA) is 84.9 Å². The molecule has 1 atom stereocenters. The van der Waals surface area contributed by atoms with E-state index in [1.807, 2.05) is 0 Å². The van der Waals surface area contributed by atoms with Crippen molar-refractivity contribution in [1.82, 2.24) is 5.32 Å². The molecule has 0 aliphatic rings. The molecule has 0 aliphatic heterocycles. The monoisotopic (exact) mass is 267 g/mol. The Morgan fingerprint density at radius 2 is 2.00 bits per heavy atom. The second-order valence-corrected chi connectivity index (χ2v) is 3.99. The van der Waals surface area contributed by atoms with Crippen molar-refractivity contribution in [3.63, 3.8) is 0 Å². The number of nitrogens with one attached hydrogen (secondary N) is 1. The van der Waals surface area contributed by atoms with Gasteiger partial charge in [-0.15, -0.1) is 0 Å². The summed E-state index contributed by atoms with van der Waals surface area (Å²) in [6.45, 7) is 1.57. The Morgan fingerprint density at radius 1 is 1.32 bits per heavy atom. The molecule has 6 heteroatoms. The van der Waals surface area contributed by atoms with Gasteiger partial charge in [-0.05, 0) is 12.1 Å². The molecule has 0 spiro atoms. The Hall–Kier alpha value is -2.24. The summed E-state index contributed by atoms with van der Waals surface area (Å²) in [7, 11) is 2.92. The van der Waals surface area contributed by atoms with Gasteiger partial charge in [0.05, 0.1) is 25.7 Å². The third-order valence-corrected chi connectivity index (χ3v) is 2.64. The predicted molar refractivity (Wildman–Crippen MR) is 68.7 cm³/mol. The zero-order valence-electron chi connectivity index (χ0n) is 11.1. The van der Waals surface area contributed by atoms with Crippen molar-refractivity contribution in [3.05, 3.63) is 23.8 Å². The van der Waals surface area contributed by atoms with E-state index in [0.717, 1.165) is 0 Å². The molecule has 1 unspecified atom stereocenters. The molecule has 1 rings (SSSR count). The molecular formula is C13H17NO5. The van der Waals surface area contributed by atoms with Crippen LogP contribution in [0.25, 0.3) is 0 Å². The molecule has 0 aliphatic carbocycles. The van der Waals surface area contributed by atoms with E-state index in [4.69, 9.17) is 14.6 Å². The van der Waals surface area contributed by atoms with E-state index in [9.17, 15) is 9.59 Å². The quantitative estimate of drug-likeness (QED) is 0.807. The lowest BCUT2D eigenvalue weighted by Crippen LogP contribution is -2.31. The number of carboxylic acids is 1. The van der Waals surface area contributed by atoms with E-state index in [-0.39, 0.29) is 6.54 Å². The maximum absolute atomic E-state index is 12.0. The Bertz CT molecular complexity index is 472. The molecule has 0 saturated heterocycles. The summed E-state index contributed by atoms with van der Waals surface area (Å²) in [5.74, 6) is -1.24. The maximum atomic E-state index is 12.0. The van der Waals surface area contributed by atoms with Crippen LogP contribution in [0, 0.1) is 5.92 Å². The van der Waals surface area contributed by atoms with Gasteiger partial charge in [-0.3, -0.25) is 9.59 Å². The summed E-state index contributed by atoms with van der Waals surface area (Å²) in [6.07, 6.45) is 0. The number of amides is 1. The van der Waals surface area contributed by atoms with Crippen molar-refractivity contribution in [3.8, 4) is 11.5 Å². The summed E-state index contributed by atoms with van der Waals surface area (Å²) in [4.78, 5) is 22.7. The zero-order valence-corrected chi connectivity index (χ0v) is 11.1. The van der Waals surface area contributed by atoms with Crippen LogP contribution in [0.5, 0.6) is 11.5 Å². The first-order valence-electron chi connectivity index (χ1n) is 5.73. The van der Waals surface area contributed by atoms with Crippen molar-refractivity contribution < 1.29 is 24.2 Å². The van der Waals surface area contributed by atoms with Crippen LogP contribution in [0.2, 0.25) is 0 Å². The fraction of sp³-hybridized carbons (Fsp3) is 0.385. The molecule has 1 aromatic carbocycles. The minimum Gasteiger partial charge on any atom is -0.493 e. The predicted octanol–water partition coefficient (Wildman–Crippen LogP) is 1.15. The van der Waals surface area contributed by atoms with Gasteiger partial charge in [0.15, 0.2) is 11.5 Å². The molecule has 1 aromatic rings. The van der Waals surface area contributed by atoms with Crippen LogP contribution in [0.4, 0.5) is 0 Å². The molecular weight excluding hydrogens is 250 g/mol. The second-order valence-electron chi connectivity index (χ2n) is 3.99. The lowest BCUT2D eigenvalue weighted by atomic mass is 10.1. The van der Waals surface area contributed by atoms with Crippen LogP contribution in [-0.2, 0) is 4.79 Å². The first-order chi connectivity index (χ1) is 9.01. The van der Waals surface area contributed by atoms with E-state index in [1.54, 1.807) is 18.2 Å². The van der Waals surface area contributed by atoms with Crippen molar-refractivity contribution in [2.45, 2.75) is 6.92 Å². The van der Waals surface area contributed by atoms with Gasteiger partial charge in [-0.2, -0.15) is 0 Å². The van der Waals surface area contributed by atoms with Gasteiger partial charge < -0.3 is 19.9 Å². The SMILES string of the molecule is COc1cccc(C(=O)NCC(C)C(=O)O)c1OC. The first kappa shape index (κ1) is 14.8. The highest BCUT2D eigenvalue weighted by Crippen LogP contribution is 2.30. The molecule has 19 heavy (non-hydrogen) atoms. The van der Waals surface area contributed by atoms with Crippen LogP contribution in [0.15, 0.2) is 18.2 Å². The molecule has 0 fully saturated rings. The number of carbonyl (C=O) groups is 2. The maximum Gasteiger partial charge on any atom is 0.308 e. The number of methoxy groups -OCH3 is 2. The summed E-state index contributed by atoms with van der Waals surface area (Å²) in [5.41, 5.74) is 0.305. The number of hydrogen-bond donors (Lipinski definition) is 2. The van der Waals surface area contributed by atoms with Gasteiger partial charge in [0.1, 0.15) is 0 Å². The average molecular weight is 267 g/mol. The van der Waals surface area contributed by atoms with E-state index < -0.39 is 17.8 Å². The summed E-state index contributed by atoms with van der Waals surface area (Å²) >= 11 is 0. The van der Waals surface area contributed by atoms with Gasteiger partial charge in [0.25, 0.3) is 5.91 Å². The third-order valence-electron chi connectivity index (χ3n) is 2.64. The van der Waals surface area contributed by atoms with E-state index >= 15 is 0 Å². The Labute approximate surface area is 111 Å². The lowest BCUT2D eigenvalue weighted by Gasteiger charge is -2.13. The van der Waals surface area contributed by atoms with Crippen LogP contribution in [0.3, 0.4) is 0 Å². The van der Waals surface area contributed by atoms with Crippen molar-refractivity contribution in [2.24, 2.45) is 5.92 Å². The fourth-order valence-electron chi connectivity index (χ4n) is 1.49. The van der Waals surface area contributed by atoms with Crippen molar-refractivity contribution in [2.75, 3.05) is 20.8 Å². The highest BCUT2D eigenvalue weighted by Gasteiger charge is 2.18. The Balaban J connectivity index is 2.85. The standard InChI is InChI=1S/C13H17NO5/c1-8(13(16)17)7-14-12(15)9-5-4-6-10(18-2)11(9)19-3/h4-6,8H,7H2,1-3H3,(H,14,15)(H,16,17). The largest absolute Gasteiger partial charge is 0.493 e. The second kappa shape index (κ2) is 6.63. The summed E-state index contributed by atoms with van der Waals surface area (Å²) < 4.78 is 10.2. The van der Waals surface area contributed by atoms with Crippen LogP contribution < -0.4 is 14.8 Å². The molecule has 0 radical (unpaired) electrons. The Morgan fingerprint density at radius 3 is 2.53 bits per heavy atom.